The molecule has 138 valence electrons. The fourth-order valence-corrected chi connectivity index (χ4v) is 2.31. The molecule has 0 spiro atoms. The fraction of sp³-hybridized carbons (Fsp3) is 0.333. The van der Waals surface area contributed by atoms with Crippen molar-refractivity contribution in [1.29, 1.82) is 0 Å². The zero-order valence-electron chi connectivity index (χ0n) is 15.9. The normalized spacial score (nSPS) is 12.2. The molecular formula is C21H26N2O3. The molecule has 0 fully saturated rings. The third-order valence-electron chi connectivity index (χ3n) is 3.62. The Labute approximate surface area is 154 Å². The molecule has 2 amide bonds. The molecule has 1 unspecified atom stereocenters. The summed E-state index contributed by atoms with van der Waals surface area (Å²) in [5.41, 5.74) is 1.63. The average molecular weight is 354 g/mol. The van der Waals surface area contributed by atoms with Gasteiger partial charge in [0.1, 0.15) is 5.75 Å². The van der Waals surface area contributed by atoms with E-state index in [2.05, 4.69) is 10.6 Å². The molecule has 2 aromatic carbocycles. The summed E-state index contributed by atoms with van der Waals surface area (Å²) < 4.78 is 5.67. The second kappa shape index (κ2) is 8.04. The van der Waals surface area contributed by atoms with Crippen LogP contribution in [0.5, 0.6) is 5.75 Å². The molecule has 0 heterocycles. The Morgan fingerprint density at radius 2 is 1.62 bits per heavy atom. The average Bonchev–Trinajstić information content (AvgIpc) is 2.55. The van der Waals surface area contributed by atoms with E-state index >= 15 is 0 Å². The monoisotopic (exact) mass is 354 g/mol. The second-order valence-corrected chi connectivity index (χ2v) is 7.31. The molecule has 5 heteroatoms. The van der Waals surface area contributed by atoms with Crippen molar-refractivity contribution < 1.29 is 14.3 Å². The van der Waals surface area contributed by atoms with Gasteiger partial charge >= 0.3 is 0 Å². The van der Waals surface area contributed by atoms with Crippen LogP contribution in [0.15, 0.2) is 48.5 Å². The first kappa shape index (κ1) is 19.5. The lowest BCUT2D eigenvalue weighted by Gasteiger charge is -2.22. The van der Waals surface area contributed by atoms with Gasteiger partial charge in [-0.05, 0) is 58.9 Å². The maximum Gasteiger partial charge on any atom is 0.265 e. The topological polar surface area (TPSA) is 67.4 Å². The highest BCUT2D eigenvalue weighted by Crippen LogP contribution is 2.18. The smallest absolute Gasteiger partial charge is 0.265 e. The molecule has 0 saturated carbocycles. The Kier molecular flexibility index (Phi) is 6.03. The number of rotatable bonds is 5. The lowest BCUT2D eigenvalue weighted by molar-refractivity contribution is -0.122. The van der Waals surface area contributed by atoms with Crippen LogP contribution in [0.4, 0.5) is 5.69 Å². The molecule has 5 nitrogen and oxygen atoms in total. The highest BCUT2D eigenvalue weighted by molar-refractivity contribution is 6.04. The maximum atomic E-state index is 12.5. The third-order valence-corrected chi connectivity index (χ3v) is 3.62. The van der Waals surface area contributed by atoms with E-state index in [4.69, 9.17) is 4.74 Å². The van der Waals surface area contributed by atoms with Crippen LogP contribution in [0, 0.1) is 6.92 Å². The second-order valence-electron chi connectivity index (χ2n) is 7.31. The summed E-state index contributed by atoms with van der Waals surface area (Å²) in [5, 5.41) is 5.69. The van der Waals surface area contributed by atoms with Gasteiger partial charge in [0.05, 0.1) is 11.3 Å². The molecule has 0 bridgehead atoms. The van der Waals surface area contributed by atoms with E-state index in [0.717, 1.165) is 5.56 Å². The van der Waals surface area contributed by atoms with Crippen molar-refractivity contribution in [2.45, 2.75) is 46.3 Å². The SMILES string of the molecule is Cc1ccc(OC(C)C(=O)Nc2ccccc2C(=O)NC(C)(C)C)cc1. The van der Waals surface area contributed by atoms with E-state index in [1.54, 1.807) is 31.2 Å². The van der Waals surface area contributed by atoms with Crippen molar-refractivity contribution in [3.63, 3.8) is 0 Å². The molecule has 0 radical (unpaired) electrons. The minimum atomic E-state index is -0.698. The van der Waals surface area contributed by atoms with Crippen LogP contribution in [-0.2, 0) is 4.79 Å². The maximum absolute atomic E-state index is 12.5. The molecule has 0 saturated heterocycles. The highest BCUT2D eigenvalue weighted by Gasteiger charge is 2.21. The molecule has 2 rings (SSSR count). The van der Waals surface area contributed by atoms with Crippen molar-refractivity contribution in [1.82, 2.24) is 5.32 Å². The van der Waals surface area contributed by atoms with E-state index in [9.17, 15) is 9.59 Å². The number of hydrogen-bond acceptors (Lipinski definition) is 3. The van der Waals surface area contributed by atoms with E-state index in [0.29, 0.717) is 17.0 Å². The number of aryl methyl sites for hydroxylation is 1. The highest BCUT2D eigenvalue weighted by atomic mass is 16.5. The Hall–Kier alpha value is -2.82. The fourth-order valence-electron chi connectivity index (χ4n) is 2.31. The van der Waals surface area contributed by atoms with Crippen molar-refractivity contribution in [3.8, 4) is 5.75 Å². The molecule has 2 N–H and O–H groups in total. The van der Waals surface area contributed by atoms with Crippen LogP contribution in [0.3, 0.4) is 0 Å². The molecule has 2 aromatic rings. The Balaban J connectivity index is 2.08. The van der Waals surface area contributed by atoms with Crippen molar-refractivity contribution in [2.24, 2.45) is 0 Å². The first-order valence-electron chi connectivity index (χ1n) is 8.61. The number of carbonyl (C=O) groups is 2. The molecule has 0 aromatic heterocycles. The van der Waals surface area contributed by atoms with Crippen molar-refractivity contribution >= 4 is 17.5 Å². The Bertz CT molecular complexity index is 777. The summed E-state index contributed by atoms with van der Waals surface area (Å²) in [7, 11) is 0. The zero-order valence-corrected chi connectivity index (χ0v) is 15.9. The number of para-hydroxylation sites is 1. The van der Waals surface area contributed by atoms with Crippen molar-refractivity contribution in [3.05, 3.63) is 59.7 Å². The molecule has 26 heavy (non-hydrogen) atoms. The molecule has 0 aliphatic carbocycles. The van der Waals surface area contributed by atoms with Crippen LogP contribution in [0.25, 0.3) is 0 Å². The number of benzene rings is 2. The summed E-state index contributed by atoms with van der Waals surface area (Å²) in [6.45, 7) is 9.38. The van der Waals surface area contributed by atoms with E-state index in [1.807, 2.05) is 52.0 Å². The van der Waals surface area contributed by atoms with Gasteiger partial charge in [-0.3, -0.25) is 9.59 Å². The standard InChI is InChI=1S/C21H26N2O3/c1-14-10-12-16(13-11-14)26-15(2)19(24)22-18-9-7-6-8-17(18)20(25)23-21(3,4)5/h6-13,15H,1-5H3,(H,22,24)(H,23,25). The van der Waals surface area contributed by atoms with Gasteiger partial charge in [0, 0.05) is 5.54 Å². The first-order valence-corrected chi connectivity index (χ1v) is 8.61. The summed E-state index contributed by atoms with van der Waals surface area (Å²) in [4.78, 5) is 24.9. The van der Waals surface area contributed by atoms with Crippen molar-refractivity contribution in [2.75, 3.05) is 5.32 Å². The summed E-state index contributed by atoms with van der Waals surface area (Å²) >= 11 is 0. The van der Waals surface area contributed by atoms with E-state index in [-0.39, 0.29) is 17.4 Å². The Morgan fingerprint density at radius 3 is 2.23 bits per heavy atom. The summed E-state index contributed by atoms with van der Waals surface area (Å²) in [6, 6.07) is 14.4. The van der Waals surface area contributed by atoms with Gasteiger partial charge in [-0.1, -0.05) is 29.8 Å². The molecule has 0 aliphatic rings. The number of hydrogen-bond donors (Lipinski definition) is 2. The lowest BCUT2D eigenvalue weighted by atomic mass is 10.1. The molecular weight excluding hydrogens is 328 g/mol. The van der Waals surface area contributed by atoms with Gasteiger partial charge in [-0.25, -0.2) is 0 Å². The van der Waals surface area contributed by atoms with E-state index in [1.165, 1.54) is 0 Å². The molecule has 1 atom stereocenters. The zero-order chi connectivity index (χ0) is 19.3. The number of anilines is 1. The number of nitrogens with one attached hydrogen (secondary N) is 2. The minimum absolute atomic E-state index is 0.236. The van der Waals surface area contributed by atoms with Gasteiger partial charge in [0.15, 0.2) is 6.10 Å². The van der Waals surface area contributed by atoms with Gasteiger partial charge in [0.2, 0.25) is 0 Å². The lowest BCUT2D eigenvalue weighted by Crippen LogP contribution is -2.41. The van der Waals surface area contributed by atoms with Crippen LogP contribution in [0.2, 0.25) is 0 Å². The van der Waals surface area contributed by atoms with Crippen LogP contribution in [0.1, 0.15) is 43.6 Å². The van der Waals surface area contributed by atoms with Gasteiger partial charge in [-0.15, -0.1) is 0 Å². The van der Waals surface area contributed by atoms with Crippen LogP contribution in [-0.4, -0.2) is 23.5 Å². The molecule has 0 aliphatic heterocycles. The summed E-state index contributed by atoms with van der Waals surface area (Å²) in [5.74, 6) is 0.0686. The predicted octanol–water partition coefficient (Wildman–Crippen LogP) is 3.93. The number of ether oxygens (including phenoxy) is 1. The minimum Gasteiger partial charge on any atom is -0.481 e. The summed E-state index contributed by atoms with van der Waals surface area (Å²) in [6.07, 6.45) is -0.698. The van der Waals surface area contributed by atoms with Crippen LogP contribution >= 0.6 is 0 Å². The number of amides is 2. The largest absolute Gasteiger partial charge is 0.481 e. The van der Waals surface area contributed by atoms with Gasteiger partial charge in [0.25, 0.3) is 11.8 Å². The quantitative estimate of drug-likeness (QED) is 0.855. The van der Waals surface area contributed by atoms with Gasteiger partial charge in [-0.2, -0.15) is 0 Å². The predicted molar refractivity (Wildman–Crippen MR) is 104 cm³/mol. The van der Waals surface area contributed by atoms with E-state index < -0.39 is 6.10 Å². The number of carbonyl (C=O) groups excluding carboxylic acids is 2. The third kappa shape index (κ3) is 5.62. The Morgan fingerprint density at radius 1 is 1.00 bits per heavy atom. The van der Waals surface area contributed by atoms with Gasteiger partial charge < -0.3 is 15.4 Å². The first-order chi connectivity index (χ1) is 12.2. The van der Waals surface area contributed by atoms with Crippen LogP contribution < -0.4 is 15.4 Å².